The summed E-state index contributed by atoms with van der Waals surface area (Å²) in [6.45, 7) is 4.37. The Hall–Kier alpha value is -3.74. The molecule has 2 heterocycles. The lowest BCUT2D eigenvalue weighted by Gasteiger charge is -2.35. The fourth-order valence-electron chi connectivity index (χ4n) is 4.97. The molecule has 2 aromatic carbocycles. The van der Waals surface area contributed by atoms with Crippen molar-refractivity contribution in [2.24, 2.45) is 0 Å². The maximum Gasteiger partial charge on any atom is 0.233 e. The summed E-state index contributed by atoms with van der Waals surface area (Å²) in [5.74, 6) is 1.51. The number of para-hydroxylation sites is 1. The van der Waals surface area contributed by atoms with Crippen LogP contribution in [-0.2, 0) is 4.79 Å². The molecular weight excluding hydrogens is 420 g/mol. The van der Waals surface area contributed by atoms with E-state index in [0.717, 1.165) is 39.4 Å². The molecule has 0 amide bonds. The minimum absolute atomic E-state index is 0.0494. The number of aromatic nitrogens is 1. The number of hydrogen-bond acceptors (Lipinski definition) is 7. The highest BCUT2D eigenvalue weighted by atomic mass is 16.5. The molecule has 7 nitrogen and oxygen atoms in total. The van der Waals surface area contributed by atoms with E-state index in [2.05, 4.69) is 10.5 Å². The van der Waals surface area contributed by atoms with Gasteiger partial charge < -0.3 is 24.4 Å². The standard InChI is InChI=1S/C26H26N2O5/c1-4-32-21-8-6-5-7-17(21)24-23-14(2)28-33-26(23)27-18-11-16(12-20(30)25(18)24)15-9-10-19(29)22(13-15)31-3/h5-10,13,16,24,27,29H,4,11-12H2,1-3H3/t16-,24+/m0/s1. The number of anilines is 1. The molecule has 0 saturated heterocycles. The van der Waals surface area contributed by atoms with Gasteiger partial charge in [0.15, 0.2) is 17.3 Å². The summed E-state index contributed by atoms with van der Waals surface area (Å²) in [5.41, 5.74) is 5.07. The molecule has 0 spiro atoms. The third-order valence-corrected chi connectivity index (χ3v) is 6.46. The van der Waals surface area contributed by atoms with Crippen LogP contribution in [0.15, 0.2) is 58.3 Å². The van der Waals surface area contributed by atoms with Crippen LogP contribution in [0.25, 0.3) is 0 Å². The van der Waals surface area contributed by atoms with E-state index in [-0.39, 0.29) is 23.4 Å². The highest BCUT2D eigenvalue weighted by Crippen LogP contribution is 2.51. The van der Waals surface area contributed by atoms with Crippen LogP contribution in [0.2, 0.25) is 0 Å². The molecule has 0 unspecified atom stereocenters. The summed E-state index contributed by atoms with van der Waals surface area (Å²) in [5, 5.41) is 17.5. The Morgan fingerprint density at radius 3 is 2.79 bits per heavy atom. The molecular formula is C26H26N2O5. The summed E-state index contributed by atoms with van der Waals surface area (Å²) in [6, 6.07) is 13.1. The van der Waals surface area contributed by atoms with Crippen LogP contribution >= 0.6 is 0 Å². The van der Waals surface area contributed by atoms with Gasteiger partial charge in [-0.25, -0.2) is 0 Å². The normalized spacial score (nSPS) is 19.5. The van der Waals surface area contributed by atoms with Crippen molar-refractivity contribution < 1.29 is 23.9 Å². The second-order valence-corrected chi connectivity index (χ2v) is 8.39. The molecule has 2 atom stereocenters. The maximum atomic E-state index is 13.7. The number of rotatable bonds is 5. The Kier molecular flexibility index (Phi) is 5.32. The van der Waals surface area contributed by atoms with E-state index in [1.54, 1.807) is 12.1 Å². The second-order valence-electron chi connectivity index (χ2n) is 8.39. The molecule has 33 heavy (non-hydrogen) atoms. The Labute approximate surface area is 192 Å². The van der Waals surface area contributed by atoms with E-state index in [1.165, 1.54) is 7.11 Å². The van der Waals surface area contributed by atoms with Gasteiger partial charge in [0.05, 0.1) is 30.9 Å². The van der Waals surface area contributed by atoms with E-state index >= 15 is 0 Å². The highest BCUT2D eigenvalue weighted by Gasteiger charge is 2.42. The fraction of sp³-hybridized carbons (Fsp3) is 0.308. The largest absolute Gasteiger partial charge is 0.504 e. The number of phenolic OH excluding ortho intramolecular Hbond substituents is 1. The molecule has 170 valence electrons. The van der Waals surface area contributed by atoms with Crippen molar-refractivity contribution >= 4 is 11.7 Å². The van der Waals surface area contributed by atoms with Crippen LogP contribution in [0.4, 0.5) is 5.88 Å². The molecule has 1 aliphatic heterocycles. The van der Waals surface area contributed by atoms with Gasteiger partial charge in [-0.3, -0.25) is 4.79 Å². The van der Waals surface area contributed by atoms with Crippen molar-refractivity contribution in [3.05, 3.63) is 76.1 Å². The van der Waals surface area contributed by atoms with Gasteiger partial charge in [-0.15, -0.1) is 0 Å². The molecule has 1 aromatic heterocycles. The first-order valence-corrected chi connectivity index (χ1v) is 11.1. The molecule has 0 radical (unpaired) electrons. The van der Waals surface area contributed by atoms with E-state index in [1.807, 2.05) is 44.2 Å². The number of phenols is 1. The number of benzene rings is 2. The van der Waals surface area contributed by atoms with Crippen molar-refractivity contribution in [3.63, 3.8) is 0 Å². The van der Waals surface area contributed by atoms with Crippen molar-refractivity contribution in [1.29, 1.82) is 0 Å². The number of Topliss-reactive ketones (excluding diaryl/α,β-unsaturated/α-hetero) is 1. The predicted octanol–water partition coefficient (Wildman–Crippen LogP) is 5.05. The second kappa shape index (κ2) is 8.31. The van der Waals surface area contributed by atoms with E-state index in [9.17, 15) is 9.90 Å². The van der Waals surface area contributed by atoms with Gasteiger partial charge in [-0.05, 0) is 49.9 Å². The number of ether oxygens (including phenoxy) is 2. The summed E-state index contributed by atoms with van der Waals surface area (Å²) in [4.78, 5) is 13.7. The van der Waals surface area contributed by atoms with Gasteiger partial charge in [0, 0.05) is 23.3 Å². The number of nitrogens with one attached hydrogen (secondary N) is 1. The van der Waals surface area contributed by atoms with Crippen molar-refractivity contribution in [2.75, 3.05) is 19.0 Å². The number of aromatic hydroxyl groups is 1. The average molecular weight is 447 g/mol. The molecule has 2 aliphatic rings. The number of methoxy groups -OCH3 is 1. The van der Waals surface area contributed by atoms with Crippen LogP contribution in [-0.4, -0.2) is 29.8 Å². The van der Waals surface area contributed by atoms with Crippen LogP contribution in [0.1, 0.15) is 54.0 Å². The smallest absolute Gasteiger partial charge is 0.233 e. The van der Waals surface area contributed by atoms with E-state index in [4.69, 9.17) is 14.0 Å². The molecule has 0 bridgehead atoms. The predicted molar refractivity (Wildman–Crippen MR) is 123 cm³/mol. The Morgan fingerprint density at radius 2 is 2.00 bits per heavy atom. The number of carbonyl (C=O) groups is 1. The van der Waals surface area contributed by atoms with Crippen LogP contribution in [0, 0.1) is 6.92 Å². The number of allylic oxidation sites excluding steroid dienone is 2. The van der Waals surface area contributed by atoms with E-state index in [0.29, 0.717) is 31.1 Å². The highest BCUT2D eigenvalue weighted by molar-refractivity contribution is 6.01. The van der Waals surface area contributed by atoms with Gasteiger partial charge in [0.1, 0.15) is 5.75 Å². The van der Waals surface area contributed by atoms with Crippen LogP contribution in [0.3, 0.4) is 0 Å². The molecule has 2 N–H and O–H groups in total. The third kappa shape index (κ3) is 3.53. The Bertz CT molecular complexity index is 1260. The SMILES string of the molecule is CCOc1ccccc1[C@H]1C2=C(C[C@H](c3ccc(O)c(OC)c3)CC2=O)Nc2onc(C)c21. The summed E-state index contributed by atoms with van der Waals surface area (Å²) in [6.07, 6.45) is 0.989. The zero-order valence-electron chi connectivity index (χ0n) is 18.8. The number of fused-ring (bicyclic) bond motifs is 1. The monoisotopic (exact) mass is 446 g/mol. The molecule has 0 saturated carbocycles. The molecule has 3 aromatic rings. The number of carbonyl (C=O) groups excluding carboxylic acids is 1. The molecule has 5 rings (SSSR count). The average Bonchev–Trinajstić information content (AvgIpc) is 3.19. The van der Waals surface area contributed by atoms with E-state index < -0.39 is 0 Å². The minimum atomic E-state index is -0.312. The summed E-state index contributed by atoms with van der Waals surface area (Å²) < 4.78 is 16.8. The van der Waals surface area contributed by atoms with Crippen LogP contribution in [0.5, 0.6) is 17.2 Å². The van der Waals surface area contributed by atoms with Gasteiger partial charge in [-0.2, -0.15) is 0 Å². The zero-order chi connectivity index (χ0) is 23.1. The number of ketones is 1. The lowest BCUT2D eigenvalue weighted by atomic mass is 9.72. The van der Waals surface area contributed by atoms with Crippen molar-refractivity contribution in [2.45, 2.75) is 38.5 Å². The first-order valence-electron chi connectivity index (χ1n) is 11.1. The molecule has 1 aliphatic carbocycles. The van der Waals surface area contributed by atoms with Crippen LogP contribution < -0.4 is 14.8 Å². The first kappa shape index (κ1) is 21.1. The van der Waals surface area contributed by atoms with Crippen molar-refractivity contribution in [1.82, 2.24) is 5.16 Å². The zero-order valence-corrected chi connectivity index (χ0v) is 18.8. The number of hydrogen-bond donors (Lipinski definition) is 2. The molecule has 0 fully saturated rings. The third-order valence-electron chi connectivity index (χ3n) is 6.46. The molecule has 7 heteroatoms. The Balaban J connectivity index is 1.61. The summed E-state index contributed by atoms with van der Waals surface area (Å²) in [7, 11) is 1.52. The topological polar surface area (TPSA) is 93.8 Å². The lowest BCUT2D eigenvalue weighted by Crippen LogP contribution is -2.29. The summed E-state index contributed by atoms with van der Waals surface area (Å²) >= 11 is 0. The Morgan fingerprint density at radius 1 is 1.18 bits per heavy atom. The lowest BCUT2D eigenvalue weighted by molar-refractivity contribution is -0.116. The van der Waals surface area contributed by atoms with Gasteiger partial charge in [0.25, 0.3) is 0 Å². The van der Waals surface area contributed by atoms with Crippen molar-refractivity contribution in [3.8, 4) is 17.2 Å². The quantitative estimate of drug-likeness (QED) is 0.566. The minimum Gasteiger partial charge on any atom is -0.504 e. The fourth-order valence-corrected chi connectivity index (χ4v) is 4.97. The van der Waals surface area contributed by atoms with Gasteiger partial charge >= 0.3 is 0 Å². The maximum absolute atomic E-state index is 13.7. The van der Waals surface area contributed by atoms with Gasteiger partial charge in [-0.1, -0.05) is 29.4 Å². The first-order chi connectivity index (χ1) is 16.0. The number of nitrogens with zero attached hydrogens (tertiary/aromatic N) is 1. The number of aryl methyl sites for hydroxylation is 1. The van der Waals surface area contributed by atoms with Gasteiger partial charge in [0.2, 0.25) is 5.88 Å².